The van der Waals surface area contributed by atoms with Gasteiger partial charge in [0, 0.05) is 54.9 Å². The molecular weight excluding hydrogens is 840 g/mol. The summed E-state index contributed by atoms with van der Waals surface area (Å²) in [5, 5.41) is 0. The van der Waals surface area contributed by atoms with Gasteiger partial charge in [-0.2, -0.15) is 0 Å². The van der Waals surface area contributed by atoms with E-state index in [2.05, 4.69) is 0 Å². The van der Waals surface area contributed by atoms with Gasteiger partial charge in [-0.15, -0.1) is 0 Å². The van der Waals surface area contributed by atoms with Gasteiger partial charge in [-0.3, -0.25) is 33.6 Å². The Morgan fingerprint density at radius 3 is 1.38 bits per heavy atom. The Hall–Kier alpha value is -5.38. The molecule has 1 aromatic rings. The second-order valence-electron chi connectivity index (χ2n) is 15.2. The monoisotopic (exact) mass is 898 g/mol. The third-order valence-corrected chi connectivity index (χ3v) is 9.18. The van der Waals surface area contributed by atoms with E-state index in [0.717, 1.165) is 59.6 Å². The molecule has 0 amide bonds. The number of rotatable bonds is 19. The minimum absolute atomic E-state index is 0.0538. The molecule has 1 aromatic carbocycles. The molecule has 21 nitrogen and oxygen atoms in total. The van der Waals surface area contributed by atoms with Crippen molar-refractivity contribution in [3.8, 4) is 5.75 Å². The normalized spacial score (nSPS) is 25.5. The maximum Gasteiger partial charge on any atom is 0.513 e. The summed E-state index contributed by atoms with van der Waals surface area (Å²) in [6.45, 7) is 13.7. The molecule has 2 aliphatic rings. The van der Waals surface area contributed by atoms with Gasteiger partial charge in [0.1, 0.15) is 37.3 Å². The highest BCUT2D eigenvalue weighted by Gasteiger charge is 2.57. The third-order valence-electron chi connectivity index (χ3n) is 9.18. The summed E-state index contributed by atoms with van der Waals surface area (Å²) in [6, 6.07) is 5.63. The smallest absolute Gasteiger partial charge is 0.463 e. The number of carbonyl (C=O) groups is 8. The fraction of sp³-hybridized carbons (Fsp3) is 0.667. The van der Waals surface area contributed by atoms with Crippen LogP contribution in [0.25, 0.3) is 0 Å². The number of hydrogen-bond acceptors (Lipinski definition) is 21. The minimum Gasteiger partial charge on any atom is -0.463 e. The molecule has 3 rings (SSSR count). The van der Waals surface area contributed by atoms with Crippen molar-refractivity contribution in [2.24, 2.45) is 0 Å². The second-order valence-corrected chi connectivity index (χ2v) is 15.2. The van der Waals surface area contributed by atoms with Crippen LogP contribution < -0.4 is 4.74 Å². The molecule has 0 bridgehead atoms. The first kappa shape index (κ1) is 52.0. The molecule has 2 fully saturated rings. The van der Waals surface area contributed by atoms with Gasteiger partial charge in [0.05, 0.1) is 13.2 Å². The average Bonchev–Trinajstić information content (AvgIpc) is 3.16. The van der Waals surface area contributed by atoms with E-state index in [1.165, 1.54) is 0 Å². The lowest BCUT2D eigenvalue weighted by Gasteiger charge is -2.48. The van der Waals surface area contributed by atoms with Crippen molar-refractivity contribution in [1.29, 1.82) is 0 Å². The molecule has 0 radical (unpaired) electrons. The topological polar surface area (TPSA) is 257 Å². The van der Waals surface area contributed by atoms with Crippen LogP contribution in [0.5, 0.6) is 5.75 Å². The van der Waals surface area contributed by atoms with E-state index in [0.29, 0.717) is 5.75 Å². The van der Waals surface area contributed by atoms with Gasteiger partial charge >= 0.3 is 47.9 Å². The predicted molar refractivity (Wildman–Crippen MR) is 210 cm³/mol. The van der Waals surface area contributed by atoms with Crippen LogP contribution >= 0.6 is 0 Å². The standard InChI is InChI=1S/C42H58O21/c1-20(2)29-14-12-15-30(21(3)4)33(29)63-42(50)52-17-13-16-51-40-38(58-27(10)48)37(57-26(9)47)35(32(60-40)19-54-23(6)44)62-41-39(59-28(11)49)36(56-25(8)46)34(55-24(7)45)31(61-41)18-53-22(5)43/h12,14-15,20-21,31-32,34-41H,13,16-19H2,1-11H3/t31?,32?,34-,35-,36?,37?,38-,39-,40?,41-/m1/s1. The molecule has 352 valence electrons. The van der Waals surface area contributed by atoms with Crippen LogP contribution in [0.1, 0.15) is 106 Å². The summed E-state index contributed by atoms with van der Waals surface area (Å²) in [5.74, 6) is -5.54. The molecule has 10 atom stereocenters. The van der Waals surface area contributed by atoms with Crippen LogP contribution in [-0.4, -0.2) is 136 Å². The molecule has 0 N–H and O–H groups in total. The zero-order valence-electron chi connectivity index (χ0n) is 37.3. The lowest BCUT2D eigenvalue weighted by molar-refractivity contribution is -0.361. The molecule has 2 heterocycles. The quantitative estimate of drug-likeness (QED) is 0.0833. The van der Waals surface area contributed by atoms with Crippen LogP contribution in [0.2, 0.25) is 0 Å². The van der Waals surface area contributed by atoms with E-state index in [9.17, 15) is 38.4 Å². The van der Waals surface area contributed by atoms with Gasteiger partial charge in [0.15, 0.2) is 43.1 Å². The molecule has 0 aromatic heterocycles. The van der Waals surface area contributed by atoms with Crippen LogP contribution in [-0.2, 0) is 90.4 Å². The number of hydrogen-bond donors (Lipinski definition) is 0. The average molecular weight is 899 g/mol. The molecule has 0 saturated carbocycles. The number of para-hydroxylation sites is 1. The number of benzene rings is 1. The lowest BCUT2D eigenvalue weighted by atomic mass is 9.94. The summed E-state index contributed by atoms with van der Waals surface area (Å²) < 4.78 is 73.6. The Labute approximate surface area is 364 Å². The lowest BCUT2D eigenvalue weighted by Crippen LogP contribution is -2.67. The number of carbonyl (C=O) groups excluding carboxylic acids is 8. The van der Waals surface area contributed by atoms with Crippen molar-refractivity contribution in [3.63, 3.8) is 0 Å². The highest BCUT2D eigenvalue weighted by Crippen LogP contribution is 2.37. The molecule has 2 saturated heterocycles. The molecule has 63 heavy (non-hydrogen) atoms. The van der Waals surface area contributed by atoms with E-state index in [-0.39, 0.29) is 31.5 Å². The zero-order valence-corrected chi connectivity index (χ0v) is 37.3. The second kappa shape index (κ2) is 24.5. The minimum atomic E-state index is -1.84. The zero-order chi connectivity index (χ0) is 47.1. The first-order chi connectivity index (χ1) is 29.6. The Morgan fingerprint density at radius 2 is 0.921 bits per heavy atom. The molecule has 21 heteroatoms. The van der Waals surface area contributed by atoms with E-state index < -0.39 is 123 Å². The van der Waals surface area contributed by atoms with Gasteiger partial charge in [-0.05, 0) is 23.0 Å². The summed E-state index contributed by atoms with van der Waals surface area (Å²) in [6.07, 6.45) is -17.0. The van der Waals surface area contributed by atoms with Crippen LogP contribution in [0.15, 0.2) is 18.2 Å². The molecule has 2 aliphatic heterocycles. The summed E-state index contributed by atoms with van der Waals surface area (Å²) >= 11 is 0. The Morgan fingerprint density at radius 1 is 0.508 bits per heavy atom. The van der Waals surface area contributed by atoms with E-state index in [4.69, 9.17) is 61.6 Å². The first-order valence-electron chi connectivity index (χ1n) is 20.3. The van der Waals surface area contributed by atoms with Gasteiger partial charge in [-0.25, -0.2) is 4.79 Å². The predicted octanol–water partition coefficient (Wildman–Crippen LogP) is 3.48. The molecular formula is C42H58O21. The third kappa shape index (κ3) is 16.0. The van der Waals surface area contributed by atoms with E-state index in [1.807, 2.05) is 45.9 Å². The van der Waals surface area contributed by atoms with Crippen molar-refractivity contribution in [2.75, 3.05) is 26.4 Å². The van der Waals surface area contributed by atoms with Crippen LogP contribution in [0, 0.1) is 0 Å². The van der Waals surface area contributed by atoms with Gasteiger partial charge < -0.3 is 61.6 Å². The van der Waals surface area contributed by atoms with Crippen molar-refractivity contribution >= 4 is 47.9 Å². The Bertz CT molecular complexity index is 1750. The van der Waals surface area contributed by atoms with Crippen LogP contribution in [0.4, 0.5) is 4.79 Å². The fourth-order valence-corrected chi connectivity index (χ4v) is 6.73. The van der Waals surface area contributed by atoms with Gasteiger partial charge in [-0.1, -0.05) is 45.9 Å². The van der Waals surface area contributed by atoms with Crippen molar-refractivity contribution in [1.82, 2.24) is 0 Å². The summed E-state index contributed by atoms with van der Waals surface area (Å²) in [5.41, 5.74) is 1.66. The fourth-order valence-electron chi connectivity index (χ4n) is 6.73. The molecule has 5 unspecified atom stereocenters. The first-order valence-corrected chi connectivity index (χ1v) is 20.3. The number of esters is 7. The number of ether oxygens (including phenoxy) is 13. The molecule has 0 spiro atoms. The highest BCUT2D eigenvalue weighted by molar-refractivity contribution is 5.70. The molecule has 0 aliphatic carbocycles. The Balaban J connectivity index is 1.96. The van der Waals surface area contributed by atoms with E-state index in [1.54, 1.807) is 0 Å². The van der Waals surface area contributed by atoms with Crippen LogP contribution in [0.3, 0.4) is 0 Å². The van der Waals surface area contributed by atoms with Gasteiger partial charge in [0.2, 0.25) is 0 Å². The van der Waals surface area contributed by atoms with Crippen molar-refractivity contribution < 1.29 is 99.9 Å². The maximum absolute atomic E-state index is 12.8. The highest BCUT2D eigenvalue weighted by atomic mass is 16.8. The summed E-state index contributed by atoms with van der Waals surface area (Å²) in [7, 11) is 0. The van der Waals surface area contributed by atoms with Crippen molar-refractivity contribution in [2.45, 2.75) is 156 Å². The van der Waals surface area contributed by atoms with Crippen molar-refractivity contribution in [3.05, 3.63) is 29.3 Å². The largest absolute Gasteiger partial charge is 0.513 e. The Kier molecular flexibility index (Phi) is 20.2. The summed E-state index contributed by atoms with van der Waals surface area (Å²) in [4.78, 5) is 99.2. The van der Waals surface area contributed by atoms with Gasteiger partial charge in [0.25, 0.3) is 0 Å². The SMILES string of the molecule is CC(=O)OCC1OC(OCCCOC(=O)Oc2c(C(C)C)cccc2C(C)C)[C@H](OC(C)=O)C(OC(C)=O)[C@@H]1O[C@H]1OC(COC(C)=O)[C@@H](OC(C)=O)C(OC(C)=O)[C@H]1OC(C)=O. The maximum atomic E-state index is 12.8. The van der Waals surface area contributed by atoms with E-state index >= 15 is 0 Å².